The Labute approximate surface area is 178 Å². The number of benzene rings is 2. The summed E-state index contributed by atoms with van der Waals surface area (Å²) in [7, 11) is 0. The first-order valence-electron chi connectivity index (χ1n) is 11.1. The van der Waals surface area contributed by atoms with Crippen LogP contribution >= 0.6 is 0 Å². The van der Waals surface area contributed by atoms with Gasteiger partial charge in [0.1, 0.15) is 0 Å². The SMILES string of the molecule is CC1=CC2[C@H](C(C)C)CC1[C@H]1C(=O)N(c3ccc(-c4ccc(C)cc4)cc3)C(=O)[C@@H]21. The van der Waals surface area contributed by atoms with E-state index in [1.165, 1.54) is 16.0 Å². The van der Waals surface area contributed by atoms with Crippen molar-refractivity contribution in [2.45, 2.75) is 34.1 Å². The van der Waals surface area contributed by atoms with Crippen LogP contribution in [0.2, 0.25) is 0 Å². The molecule has 154 valence electrons. The van der Waals surface area contributed by atoms with Crippen LogP contribution in [0, 0.1) is 42.4 Å². The third kappa shape index (κ3) is 2.79. The van der Waals surface area contributed by atoms with Gasteiger partial charge in [0, 0.05) is 0 Å². The molecule has 2 aromatic rings. The van der Waals surface area contributed by atoms with E-state index in [-0.39, 0.29) is 35.5 Å². The van der Waals surface area contributed by atoms with Crippen molar-refractivity contribution in [2.75, 3.05) is 4.90 Å². The second kappa shape index (κ2) is 6.94. The average Bonchev–Trinajstić information content (AvgIpc) is 3.01. The first-order chi connectivity index (χ1) is 14.4. The second-order valence-electron chi connectivity index (χ2n) is 9.71. The van der Waals surface area contributed by atoms with Crippen LogP contribution in [0.5, 0.6) is 0 Å². The topological polar surface area (TPSA) is 37.4 Å². The lowest BCUT2D eigenvalue weighted by Gasteiger charge is -2.48. The van der Waals surface area contributed by atoms with Gasteiger partial charge in [-0.1, -0.05) is 67.5 Å². The number of imide groups is 1. The fraction of sp³-hybridized carbons (Fsp3) is 0.407. The summed E-state index contributed by atoms with van der Waals surface area (Å²) in [5.74, 6) is 1.03. The van der Waals surface area contributed by atoms with Crippen molar-refractivity contribution in [3.05, 3.63) is 65.7 Å². The van der Waals surface area contributed by atoms with Gasteiger partial charge in [0.2, 0.25) is 11.8 Å². The summed E-state index contributed by atoms with van der Waals surface area (Å²) in [4.78, 5) is 28.4. The van der Waals surface area contributed by atoms with Gasteiger partial charge < -0.3 is 0 Å². The number of nitrogens with zero attached hydrogens (tertiary/aromatic N) is 1. The van der Waals surface area contributed by atoms with E-state index >= 15 is 0 Å². The number of anilines is 1. The molecular formula is C27H29NO2. The smallest absolute Gasteiger partial charge is 0.238 e. The van der Waals surface area contributed by atoms with Crippen molar-refractivity contribution in [1.82, 2.24) is 0 Å². The van der Waals surface area contributed by atoms with E-state index < -0.39 is 0 Å². The molecule has 1 aliphatic heterocycles. The van der Waals surface area contributed by atoms with Gasteiger partial charge in [-0.2, -0.15) is 0 Å². The molecule has 2 fully saturated rings. The molecule has 0 N–H and O–H groups in total. The quantitative estimate of drug-likeness (QED) is 0.495. The monoisotopic (exact) mass is 399 g/mol. The maximum absolute atomic E-state index is 13.5. The Morgan fingerprint density at radius 1 is 0.833 bits per heavy atom. The highest BCUT2D eigenvalue weighted by atomic mass is 16.2. The van der Waals surface area contributed by atoms with Crippen LogP contribution in [-0.4, -0.2) is 11.8 Å². The average molecular weight is 400 g/mol. The van der Waals surface area contributed by atoms with E-state index in [1.54, 1.807) is 0 Å². The van der Waals surface area contributed by atoms with Crippen molar-refractivity contribution < 1.29 is 9.59 Å². The molecule has 2 bridgehead atoms. The number of fused-ring (bicyclic) bond motifs is 1. The minimum absolute atomic E-state index is 0.00209. The van der Waals surface area contributed by atoms with E-state index in [0.717, 1.165) is 17.5 Å². The summed E-state index contributed by atoms with van der Waals surface area (Å²) >= 11 is 0. The van der Waals surface area contributed by atoms with Gasteiger partial charge in [0.15, 0.2) is 0 Å². The maximum Gasteiger partial charge on any atom is 0.238 e. The van der Waals surface area contributed by atoms with Crippen LogP contribution in [0.3, 0.4) is 0 Å². The number of aryl methyl sites for hydroxylation is 1. The van der Waals surface area contributed by atoms with Crippen LogP contribution in [0.4, 0.5) is 5.69 Å². The number of hydrogen-bond donors (Lipinski definition) is 0. The van der Waals surface area contributed by atoms with Crippen molar-refractivity contribution >= 4 is 17.5 Å². The summed E-state index contributed by atoms with van der Waals surface area (Å²) in [6.07, 6.45) is 3.33. The Hall–Kier alpha value is -2.68. The normalized spacial score (nSPS) is 30.1. The summed E-state index contributed by atoms with van der Waals surface area (Å²) in [6.45, 7) is 8.70. The summed E-state index contributed by atoms with van der Waals surface area (Å²) in [5, 5.41) is 0. The lowest BCUT2D eigenvalue weighted by atomic mass is 9.54. The van der Waals surface area contributed by atoms with E-state index in [0.29, 0.717) is 17.5 Å². The van der Waals surface area contributed by atoms with Crippen LogP contribution in [0.1, 0.15) is 32.8 Å². The summed E-state index contributed by atoms with van der Waals surface area (Å²) < 4.78 is 0. The van der Waals surface area contributed by atoms with E-state index in [1.807, 2.05) is 24.3 Å². The second-order valence-corrected chi connectivity index (χ2v) is 9.71. The molecule has 2 unspecified atom stereocenters. The lowest BCUT2D eigenvalue weighted by molar-refractivity contribution is -0.127. The minimum atomic E-state index is -0.191. The third-order valence-corrected chi connectivity index (χ3v) is 7.67. The first kappa shape index (κ1) is 19.3. The van der Waals surface area contributed by atoms with Gasteiger partial charge in [0.25, 0.3) is 0 Å². The van der Waals surface area contributed by atoms with E-state index in [2.05, 4.69) is 58.0 Å². The lowest BCUT2D eigenvalue weighted by Crippen LogP contribution is -2.46. The number of carbonyl (C=O) groups is 2. The predicted octanol–water partition coefficient (Wildman–Crippen LogP) is 5.64. The van der Waals surface area contributed by atoms with Crippen molar-refractivity contribution in [1.29, 1.82) is 0 Å². The van der Waals surface area contributed by atoms with Crippen molar-refractivity contribution in [3.8, 4) is 11.1 Å². The number of amides is 2. The molecule has 2 aromatic carbocycles. The maximum atomic E-state index is 13.5. The summed E-state index contributed by atoms with van der Waals surface area (Å²) in [5.41, 5.74) is 5.46. The van der Waals surface area contributed by atoms with Gasteiger partial charge in [-0.25, -0.2) is 0 Å². The fourth-order valence-corrected chi connectivity index (χ4v) is 6.05. The van der Waals surface area contributed by atoms with E-state index in [9.17, 15) is 9.59 Å². The molecular weight excluding hydrogens is 370 g/mol. The molecule has 1 saturated heterocycles. The Kier molecular flexibility index (Phi) is 4.46. The molecule has 1 heterocycles. The predicted molar refractivity (Wildman–Crippen MR) is 120 cm³/mol. The highest BCUT2D eigenvalue weighted by Crippen LogP contribution is 2.56. The Balaban J connectivity index is 1.46. The molecule has 2 amide bonds. The van der Waals surface area contributed by atoms with Crippen LogP contribution < -0.4 is 4.90 Å². The van der Waals surface area contributed by atoms with Crippen molar-refractivity contribution in [3.63, 3.8) is 0 Å². The minimum Gasteiger partial charge on any atom is -0.274 e. The zero-order valence-electron chi connectivity index (χ0n) is 18.1. The molecule has 0 aromatic heterocycles. The molecule has 6 rings (SSSR count). The van der Waals surface area contributed by atoms with Gasteiger partial charge >= 0.3 is 0 Å². The standard InChI is InChI=1S/C27H29NO2/c1-15(2)21-14-22-17(4)13-23(21)25-24(22)26(29)28(27(25)30)20-11-9-19(10-12-20)18-7-5-16(3)6-8-18/h5-13,15,21-25H,14H2,1-4H3/t21-,22?,23?,24+,25-/m0/s1. The van der Waals surface area contributed by atoms with E-state index in [4.69, 9.17) is 0 Å². The Bertz CT molecular complexity index is 1030. The zero-order chi connectivity index (χ0) is 21.2. The molecule has 3 aliphatic carbocycles. The molecule has 4 aliphatic rings. The Morgan fingerprint density at radius 2 is 1.40 bits per heavy atom. The molecule has 5 atom stereocenters. The molecule has 1 saturated carbocycles. The van der Waals surface area contributed by atoms with Gasteiger partial charge in [-0.15, -0.1) is 0 Å². The van der Waals surface area contributed by atoms with Crippen LogP contribution in [-0.2, 0) is 9.59 Å². The van der Waals surface area contributed by atoms with Gasteiger partial charge in [0.05, 0.1) is 17.5 Å². The number of carbonyl (C=O) groups excluding carboxylic acids is 2. The third-order valence-electron chi connectivity index (χ3n) is 7.67. The fourth-order valence-electron chi connectivity index (χ4n) is 6.05. The largest absolute Gasteiger partial charge is 0.274 e. The molecule has 30 heavy (non-hydrogen) atoms. The van der Waals surface area contributed by atoms with Crippen LogP contribution in [0.25, 0.3) is 11.1 Å². The molecule has 3 heteroatoms. The van der Waals surface area contributed by atoms with Crippen molar-refractivity contribution in [2.24, 2.45) is 35.5 Å². The first-order valence-corrected chi connectivity index (χ1v) is 11.1. The number of hydrogen-bond acceptors (Lipinski definition) is 2. The number of allylic oxidation sites excluding steroid dienone is 2. The molecule has 0 radical (unpaired) electrons. The number of rotatable bonds is 3. The summed E-state index contributed by atoms with van der Waals surface area (Å²) in [6, 6.07) is 16.3. The van der Waals surface area contributed by atoms with Crippen LogP contribution in [0.15, 0.2) is 60.2 Å². The van der Waals surface area contributed by atoms with Gasteiger partial charge in [-0.3, -0.25) is 14.5 Å². The Morgan fingerprint density at radius 3 is 2.00 bits per heavy atom. The van der Waals surface area contributed by atoms with Gasteiger partial charge in [-0.05, 0) is 67.2 Å². The molecule has 0 spiro atoms. The molecule has 3 nitrogen and oxygen atoms in total. The highest BCUT2D eigenvalue weighted by molar-refractivity contribution is 6.22. The highest BCUT2D eigenvalue weighted by Gasteiger charge is 2.60. The zero-order valence-corrected chi connectivity index (χ0v) is 18.1.